The first-order valence-electron chi connectivity index (χ1n) is 7.05. The minimum atomic E-state index is -0.942. The van der Waals surface area contributed by atoms with Gasteiger partial charge >= 0.3 is 5.97 Å². The van der Waals surface area contributed by atoms with E-state index in [9.17, 15) is 9.59 Å². The zero-order chi connectivity index (χ0) is 15.2. The number of hydrogen-bond acceptors (Lipinski definition) is 4. The SMILES string of the molecule is Nc1ccccc1N(CCC(=O)O)C(=O)C1CCCOC1. The molecule has 0 radical (unpaired) electrons. The number of rotatable bonds is 5. The average Bonchev–Trinajstić information content (AvgIpc) is 2.49. The smallest absolute Gasteiger partial charge is 0.305 e. The van der Waals surface area contributed by atoms with E-state index in [1.807, 2.05) is 0 Å². The van der Waals surface area contributed by atoms with Gasteiger partial charge in [-0.05, 0) is 25.0 Å². The normalized spacial score (nSPS) is 18.2. The Bertz CT molecular complexity index is 512. The Morgan fingerprint density at radius 2 is 2.14 bits per heavy atom. The van der Waals surface area contributed by atoms with Gasteiger partial charge in [0.1, 0.15) is 0 Å². The number of carboxylic acid groups (broad SMARTS) is 1. The molecule has 1 amide bonds. The number of carbonyl (C=O) groups is 2. The van der Waals surface area contributed by atoms with Crippen LogP contribution in [0, 0.1) is 5.92 Å². The number of nitrogens with zero attached hydrogens (tertiary/aromatic N) is 1. The highest BCUT2D eigenvalue weighted by molar-refractivity contribution is 5.98. The van der Waals surface area contributed by atoms with Crippen LogP contribution in [0.2, 0.25) is 0 Å². The number of nitrogens with two attached hydrogens (primary N) is 1. The fourth-order valence-corrected chi connectivity index (χ4v) is 2.45. The Hall–Kier alpha value is -2.08. The van der Waals surface area contributed by atoms with Crippen LogP contribution in [0.1, 0.15) is 19.3 Å². The number of hydrogen-bond donors (Lipinski definition) is 2. The van der Waals surface area contributed by atoms with Crippen LogP contribution >= 0.6 is 0 Å². The number of carbonyl (C=O) groups excluding carboxylic acids is 1. The first kappa shape index (κ1) is 15.3. The molecule has 0 spiro atoms. The highest BCUT2D eigenvalue weighted by Crippen LogP contribution is 2.26. The highest BCUT2D eigenvalue weighted by atomic mass is 16.5. The maximum atomic E-state index is 12.7. The Labute approximate surface area is 123 Å². The van der Waals surface area contributed by atoms with E-state index in [0.29, 0.717) is 24.6 Å². The third kappa shape index (κ3) is 3.95. The van der Waals surface area contributed by atoms with Crippen LogP contribution in [0.4, 0.5) is 11.4 Å². The lowest BCUT2D eigenvalue weighted by molar-refractivity contribution is -0.136. The molecular weight excluding hydrogens is 272 g/mol. The summed E-state index contributed by atoms with van der Waals surface area (Å²) in [6.07, 6.45) is 1.48. The first-order chi connectivity index (χ1) is 10.1. The lowest BCUT2D eigenvalue weighted by Gasteiger charge is -2.29. The van der Waals surface area contributed by atoms with Crippen molar-refractivity contribution in [2.75, 3.05) is 30.4 Å². The Morgan fingerprint density at radius 3 is 2.76 bits per heavy atom. The molecule has 3 N–H and O–H groups in total. The summed E-state index contributed by atoms with van der Waals surface area (Å²) in [4.78, 5) is 25.0. The monoisotopic (exact) mass is 292 g/mol. The number of anilines is 2. The molecular formula is C15H20N2O4. The van der Waals surface area contributed by atoms with Crippen molar-refractivity contribution in [2.24, 2.45) is 5.92 Å². The van der Waals surface area contributed by atoms with Crippen molar-refractivity contribution in [3.63, 3.8) is 0 Å². The van der Waals surface area contributed by atoms with Gasteiger partial charge in [-0.15, -0.1) is 0 Å². The van der Waals surface area contributed by atoms with Gasteiger partial charge in [-0.25, -0.2) is 0 Å². The molecule has 1 saturated heterocycles. The summed E-state index contributed by atoms with van der Waals surface area (Å²) in [5.74, 6) is -1.29. The van der Waals surface area contributed by atoms with Crippen molar-refractivity contribution in [1.29, 1.82) is 0 Å². The van der Waals surface area contributed by atoms with Gasteiger partial charge in [0.15, 0.2) is 0 Å². The van der Waals surface area contributed by atoms with E-state index in [1.54, 1.807) is 24.3 Å². The fourth-order valence-electron chi connectivity index (χ4n) is 2.45. The maximum absolute atomic E-state index is 12.7. The summed E-state index contributed by atoms with van der Waals surface area (Å²) in [5, 5.41) is 8.88. The van der Waals surface area contributed by atoms with Crippen molar-refractivity contribution >= 4 is 23.3 Å². The summed E-state index contributed by atoms with van der Waals surface area (Å²) >= 11 is 0. The third-order valence-electron chi connectivity index (χ3n) is 3.55. The van der Waals surface area contributed by atoms with Crippen LogP contribution < -0.4 is 10.6 Å². The molecule has 114 valence electrons. The Morgan fingerprint density at radius 1 is 1.38 bits per heavy atom. The van der Waals surface area contributed by atoms with Crippen LogP contribution in [0.5, 0.6) is 0 Å². The van der Waals surface area contributed by atoms with Gasteiger partial charge in [0.25, 0.3) is 0 Å². The molecule has 1 aromatic rings. The topological polar surface area (TPSA) is 92.9 Å². The zero-order valence-corrected chi connectivity index (χ0v) is 11.8. The molecule has 1 atom stereocenters. The van der Waals surface area contributed by atoms with Gasteiger partial charge in [-0.3, -0.25) is 9.59 Å². The summed E-state index contributed by atoms with van der Waals surface area (Å²) in [6.45, 7) is 1.17. The van der Waals surface area contributed by atoms with Crippen LogP contribution in [-0.4, -0.2) is 36.7 Å². The summed E-state index contributed by atoms with van der Waals surface area (Å²) in [7, 11) is 0. The summed E-state index contributed by atoms with van der Waals surface area (Å²) < 4.78 is 5.35. The standard InChI is InChI=1S/C15H20N2O4/c16-12-5-1-2-6-13(12)17(8-7-14(18)19)15(20)11-4-3-9-21-10-11/h1-2,5-6,11H,3-4,7-10,16H2,(H,18,19). The number of nitrogen functional groups attached to an aromatic ring is 1. The van der Waals surface area contributed by atoms with E-state index >= 15 is 0 Å². The molecule has 1 heterocycles. The van der Waals surface area contributed by atoms with Crippen molar-refractivity contribution < 1.29 is 19.4 Å². The van der Waals surface area contributed by atoms with Crippen molar-refractivity contribution in [2.45, 2.75) is 19.3 Å². The van der Waals surface area contributed by atoms with Gasteiger partial charge < -0.3 is 20.5 Å². The molecule has 1 aliphatic rings. The number of carboxylic acids is 1. The maximum Gasteiger partial charge on any atom is 0.305 e. The molecule has 1 unspecified atom stereocenters. The van der Waals surface area contributed by atoms with Crippen molar-refractivity contribution in [1.82, 2.24) is 0 Å². The molecule has 21 heavy (non-hydrogen) atoms. The van der Waals surface area contributed by atoms with Crippen LogP contribution in [-0.2, 0) is 14.3 Å². The van der Waals surface area contributed by atoms with E-state index in [-0.39, 0.29) is 24.8 Å². The quantitative estimate of drug-likeness (QED) is 0.802. The molecule has 1 aliphatic heterocycles. The van der Waals surface area contributed by atoms with Gasteiger partial charge in [0.2, 0.25) is 5.91 Å². The zero-order valence-electron chi connectivity index (χ0n) is 11.8. The highest BCUT2D eigenvalue weighted by Gasteiger charge is 2.28. The van der Waals surface area contributed by atoms with Crippen molar-refractivity contribution in [3.05, 3.63) is 24.3 Å². The van der Waals surface area contributed by atoms with Gasteiger partial charge in [-0.1, -0.05) is 12.1 Å². The third-order valence-corrected chi connectivity index (χ3v) is 3.55. The number of aliphatic carboxylic acids is 1. The van der Waals surface area contributed by atoms with E-state index in [4.69, 9.17) is 15.6 Å². The second-order valence-electron chi connectivity index (χ2n) is 5.11. The Balaban J connectivity index is 2.20. The van der Waals surface area contributed by atoms with Crippen LogP contribution in [0.15, 0.2) is 24.3 Å². The van der Waals surface area contributed by atoms with Gasteiger partial charge in [-0.2, -0.15) is 0 Å². The predicted octanol–water partition coefficient (Wildman–Crippen LogP) is 1.50. The summed E-state index contributed by atoms with van der Waals surface area (Å²) in [5.41, 5.74) is 6.95. The lowest BCUT2D eigenvalue weighted by atomic mass is 10.00. The second-order valence-corrected chi connectivity index (χ2v) is 5.11. The van der Waals surface area contributed by atoms with E-state index in [0.717, 1.165) is 12.8 Å². The molecule has 2 rings (SSSR count). The first-order valence-corrected chi connectivity index (χ1v) is 7.05. The fraction of sp³-hybridized carbons (Fsp3) is 0.467. The minimum Gasteiger partial charge on any atom is -0.481 e. The predicted molar refractivity (Wildman–Crippen MR) is 79.0 cm³/mol. The minimum absolute atomic E-state index is 0.110. The molecule has 1 fully saturated rings. The molecule has 0 bridgehead atoms. The van der Waals surface area contributed by atoms with E-state index < -0.39 is 5.97 Å². The summed E-state index contributed by atoms with van der Waals surface area (Å²) in [6, 6.07) is 7.00. The molecule has 0 aliphatic carbocycles. The van der Waals surface area contributed by atoms with Crippen molar-refractivity contribution in [3.8, 4) is 0 Å². The van der Waals surface area contributed by atoms with E-state index in [1.165, 1.54) is 4.90 Å². The van der Waals surface area contributed by atoms with Crippen LogP contribution in [0.25, 0.3) is 0 Å². The van der Waals surface area contributed by atoms with Gasteiger partial charge in [0, 0.05) is 13.2 Å². The second kappa shape index (κ2) is 7.08. The van der Waals surface area contributed by atoms with Crippen LogP contribution in [0.3, 0.4) is 0 Å². The molecule has 0 saturated carbocycles. The molecule has 1 aromatic carbocycles. The average molecular weight is 292 g/mol. The lowest BCUT2D eigenvalue weighted by Crippen LogP contribution is -2.41. The number of ether oxygens (including phenoxy) is 1. The van der Waals surface area contributed by atoms with E-state index in [2.05, 4.69) is 0 Å². The largest absolute Gasteiger partial charge is 0.481 e. The number of benzene rings is 1. The number of amides is 1. The Kier molecular flexibility index (Phi) is 5.16. The molecule has 0 aromatic heterocycles. The molecule has 6 nitrogen and oxygen atoms in total. The number of para-hydroxylation sites is 2. The van der Waals surface area contributed by atoms with Gasteiger partial charge in [0.05, 0.1) is 30.3 Å². The molecule has 6 heteroatoms.